The number of hydrogen-bond donors (Lipinski definition) is 0. The zero-order valence-corrected chi connectivity index (χ0v) is 14.7. The van der Waals surface area contributed by atoms with Gasteiger partial charge in [-0.2, -0.15) is 0 Å². The van der Waals surface area contributed by atoms with Crippen molar-refractivity contribution >= 4 is 23.1 Å². The Morgan fingerprint density at radius 2 is 2.08 bits per heavy atom. The molecule has 4 rings (SSSR count). The molecule has 1 saturated heterocycles. The number of esters is 1. The number of carbonyl (C=O) groups excluding carboxylic acids is 1. The quantitative estimate of drug-likeness (QED) is 0.805. The summed E-state index contributed by atoms with van der Waals surface area (Å²) < 4.78 is 4.84. The molecule has 0 bridgehead atoms. The molecule has 0 aliphatic carbocycles. The van der Waals surface area contributed by atoms with Gasteiger partial charge >= 0.3 is 5.97 Å². The summed E-state index contributed by atoms with van der Waals surface area (Å²) in [7, 11) is 1.45. The van der Waals surface area contributed by atoms with Crippen LogP contribution in [0.3, 0.4) is 0 Å². The SMILES string of the molecule is COC(=O)CN1CC(C)CC(c2ccc(C3C=N3)c3ncccc23)C1. The van der Waals surface area contributed by atoms with Crippen LogP contribution in [0.2, 0.25) is 0 Å². The topological polar surface area (TPSA) is 54.8 Å². The summed E-state index contributed by atoms with van der Waals surface area (Å²) in [5, 5.41) is 1.22. The molecule has 0 radical (unpaired) electrons. The third-order valence-electron chi connectivity index (χ3n) is 5.21. The van der Waals surface area contributed by atoms with Crippen molar-refractivity contribution < 1.29 is 9.53 Å². The van der Waals surface area contributed by atoms with E-state index in [-0.39, 0.29) is 12.0 Å². The second kappa shape index (κ2) is 6.56. The van der Waals surface area contributed by atoms with Crippen LogP contribution in [0.1, 0.15) is 36.4 Å². The summed E-state index contributed by atoms with van der Waals surface area (Å²) in [6.07, 6.45) is 4.94. The van der Waals surface area contributed by atoms with Gasteiger partial charge in [0.1, 0.15) is 6.04 Å². The lowest BCUT2D eigenvalue weighted by Crippen LogP contribution is -2.41. The van der Waals surface area contributed by atoms with Gasteiger partial charge in [-0.15, -0.1) is 0 Å². The van der Waals surface area contributed by atoms with Crippen LogP contribution in [0.25, 0.3) is 10.9 Å². The van der Waals surface area contributed by atoms with E-state index in [1.165, 1.54) is 23.6 Å². The van der Waals surface area contributed by atoms with E-state index < -0.39 is 0 Å². The van der Waals surface area contributed by atoms with E-state index in [9.17, 15) is 4.79 Å². The number of benzene rings is 1. The zero-order chi connectivity index (χ0) is 17.4. The van der Waals surface area contributed by atoms with Crippen LogP contribution in [-0.2, 0) is 9.53 Å². The summed E-state index contributed by atoms with van der Waals surface area (Å²) in [4.78, 5) is 22.8. The van der Waals surface area contributed by atoms with E-state index >= 15 is 0 Å². The molecule has 25 heavy (non-hydrogen) atoms. The molecule has 2 aliphatic heterocycles. The van der Waals surface area contributed by atoms with Crippen molar-refractivity contribution in [3.63, 3.8) is 0 Å². The van der Waals surface area contributed by atoms with Crippen molar-refractivity contribution in [2.24, 2.45) is 10.9 Å². The number of aromatic nitrogens is 1. The minimum atomic E-state index is -0.166. The molecule has 3 heterocycles. The molecule has 3 unspecified atom stereocenters. The Labute approximate surface area is 147 Å². The number of likely N-dealkylation sites (tertiary alicyclic amines) is 1. The van der Waals surface area contributed by atoms with E-state index in [2.05, 4.69) is 40.0 Å². The number of methoxy groups -OCH3 is 1. The molecule has 2 aromatic rings. The molecular formula is C20H23N3O2. The summed E-state index contributed by atoms with van der Waals surface area (Å²) in [5.74, 6) is 0.774. The van der Waals surface area contributed by atoms with Gasteiger partial charge in [-0.05, 0) is 29.9 Å². The smallest absolute Gasteiger partial charge is 0.319 e. The van der Waals surface area contributed by atoms with Gasteiger partial charge in [-0.25, -0.2) is 0 Å². The van der Waals surface area contributed by atoms with Gasteiger partial charge < -0.3 is 4.74 Å². The van der Waals surface area contributed by atoms with Crippen molar-refractivity contribution in [1.29, 1.82) is 0 Å². The van der Waals surface area contributed by atoms with Gasteiger partial charge in [0, 0.05) is 36.5 Å². The Morgan fingerprint density at radius 1 is 1.28 bits per heavy atom. The average molecular weight is 337 g/mol. The average Bonchev–Trinajstić information content (AvgIpc) is 3.45. The van der Waals surface area contributed by atoms with Crippen molar-refractivity contribution in [2.75, 3.05) is 26.7 Å². The van der Waals surface area contributed by atoms with Gasteiger partial charge in [0.15, 0.2) is 0 Å². The number of aliphatic imine (C=N–C) groups is 1. The molecule has 2 aliphatic rings. The largest absolute Gasteiger partial charge is 0.468 e. The first-order valence-electron chi connectivity index (χ1n) is 8.85. The van der Waals surface area contributed by atoms with Crippen LogP contribution in [0.4, 0.5) is 0 Å². The lowest BCUT2D eigenvalue weighted by molar-refractivity contribution is -0.142. The summed E-state index contributed by atoms with van der Waals surface area (Å²) in [5.41, 5.74) is 3.57. The van der Waals surface area contributed by atoms with Crippen molar-refractivity contribution in [3.05, 3.63) is 41.6 Å². The maximum atomic E-state index is 11.7. The summed E-state index contributed by atoms with van der Waals surface area (Å²) in [6, 6.07) is 8.77. The molecule has 0 saturated carbocycles. The second-order valence-electron chi connectivity index (χ2n) is 7.19. The minimum Gasteiger partial charge on any atom is -0.468 e. The Balaban J connectivity index is 1.66. The first kappa shape index (κ1) is 16.2. The number of piperidine rings is 1. The van der Waals surface area contributed by atoms with Crippen LogP contribution < -0.4 is 0 Å². The van der Waals surface area contributed by atoms with Gasteiger partial charge in [-0.3, -0.25) is 19.7 Å². The predicted octanol–water partition coefficient (Wildman–Crippen LogP) is 2.96. The highest BCUT2D eigenvalue weighted by atomic mass is 16.5. The Hall–Kier alpha value is -2.27. The first-order chi connectivity index (χ1) is 12.2. The van der Waals surface area contributed by atoms with E-state index in [0.717, 1.165) is 25.0 Å². The zero-order valence-electron chi connectivity index (χ0n) is 14.7. The third kappa shape index (κ3) is 3.29. The minimum absolute atomic E-state index is 0.166. The second-order valence-corrected chi connectivity index (χ2v) is 7.19. The molecule has 0 N–H and O–H groups in total. The number of nitrogens with zero attached hydrogens (tertiary/aromatic N) is 3. The van der Waals surface area contributed by atoms with E-state index in [1.807, 2.05) is 18.5 Å². The normalized spacial score (nSPS) is 25.9. The predicted molar refractivity (Wildman–Crippen MR) is 98.0 cm³/mol. The number of ether oxygens (including phenoxy) is 1. The van der Waals surface area contributed by atoms with E-state index in [1.54, 1.807) is 0 Å². The fourth-order valence-electron chi connectivity index (χ4n) is 4.08. The van der Waals surface area contributed by atoms with Gasteiger partial charge in [0.25, 0.3) is 0 Å². The number of rotatable bonds is 4. The standard InChI is InChI=1S/C20H23N3O2/c1-13-8-14(11-23(10-13)12-19(24)25-2)15-5-6-17(18-9-22-18)20-16(15)4-3-7-21-20/h3-7,9,13-14,18H,8,10-12H2,1-2H3. The van der Waals surface area contributed by atoms with E-state index in [4.69, 9.17) is 4.74 Å². The summed E-state index contributed by atoms with van der Waals surface area (Å²) >= 11 is 0. The molecule has 1 fully saturated rings. The lowest BCUT2D eigenvalue weighted by Gasteiger charge is -2.36. The maximum absolute atomic E-state index is 11.7. The molecule has 5 nitrogen and oxygen atoms in total. The molecule has 0 spiro atoms. The fourth-order valence-corrected chi connectivity index (χ4v) is 4.08. The van der Waals surface area contributed by atoms with Crippen LogP contribution in [0.15, 0.2) is 35.5 Å². The maximum Gasteiger partial charge on any atom is 0.319 e. The van der Waals surface area contributed by atoms with Crippen LogP contribution in [0.5, 0.6) is 0 Å². The monoisotopic (exact) mass is 337 g/mol. The van der Waals surface area contributed by atoms with Crippen LogP contribution >= 0.6 is 0 Å². The number of pyridine rings is 1. The molecular weight excluding hydrogens is 314 g/mol. The van der Waals surface area contributed by atoms with Crippen molar-refractivity contribution in [2.45, 2.75) is 25.3 Å². The number of hydrogen-bond acceptors (Lipinski definition) is 5. The lowest BCUT2D eigenvalue weighted by atomic mass is 9.83. The molecule has 1 aromatic carbocycles. The van der Waals surface area contributed by atoms with Crippen molar-refractivity contribution in [1.82, 2.24) is 9.88 Å². The Morgan fingerprint density at radius 3 is 2.84 bits per heavy atom. The van der Waals surface area contributed by atoms with Gasteiger partial charge in [0.2, 0.25) is 0 Å². The van der Waals surface area contributed by atoms with Crippen LogP contribution in [-0.4, -0.2) is 48.8 Å². The Kier molecular flexibility index (Phi) is 4.25. The molecule has 130 valence electrons. The highest BCUT2D eigenvalue weighted by Crippen LogP contribution is 2.37. The fraction of sp³-hybridized carbons (Fsp3) is 0.450. The highest BCUT2D eigenvalue weighted by molar-refractivity contribution is 5.92. The van der Waals surface area contributed by atoms with E-state index in [0.29, 0.717) is 18.4 Å². The molecule has 1 aromatic heterocycles. The molecule has 3 atom stereocenters. The first-order valence-corrected chi connectivity index (χ1v) is 8.85. The molecule has 5 heteroatoms. The summed E-state index contributed by atoms with van der Waals surface area (Å²) in [6.45, 7) is 4.43. The number of fused-ring (bicyclic) bond motifs is 1. The van der Waals surface area contributed by atoms with Crippen LogP contribution in [0, 0.1) is 5.92 Å². The highest BCUT2D eigenvalue weighted by Gasteiger charge is 2.29. The Bertz CT molecular complexity index is 827. The van der Waals surface area contributed by atoms with Gasteiger partial charge in [-0.1, -0.05) is 25.1 Å². The van der Waals surface area contributed by atoms with Gasteiger partial charge in [0.05, 0.1) is 19.2 Å². The third-order valence-corrected chi connectivity index (χ3v) is 5.21. The molecule has 0 amide bonds. The van der Waals surface area contributed by atoms with Crippen molar-refractivity contribution in [3.8, 4) is 0 Å². The number of carbonyl (C=O) groups is 1.